The highest BCUT2D eigenvalue weighted by molar-refractivity contribution is 9.10. The molecule has 0 amide bonds. The Hall–Kier alpha value is -2.31. The van der Waals surface area contributed by atoms with E-state index in [1.165, 1.54) is 15.9 Å². The number of hydrogen-bond donors (Lipinski definition) is 0. The molecule has 4 rings (SSSR count). The highest BCUT2D eigenvalue weighted by Gasteiger charge is 2.12. The molecule has 0 radical (unpaired) electrons. The van der Waals surface area contributed by atoms with Crippen LogP contribution < -0.4 is 10.1 Å². The monoisotopic (exact) mass is 397 g/mol. The SMILES string of the molecule is Cc1cccc(-c2nc3s/c(=C\c4ccccc4Br)c(=O)n3n2)c1. The minimum absolute atomic E-state index is 0.142. The summed E-state index contributed by atoms with van der Waals surface area (Å²) in [5.41, 5.74) is 2.87. The second kappa shape index (κ2) is 5.96. The van der Waals surface area contributed by atoms with Crippen LogP contribution in [0.2, 0.25) is 0 Å². The van der Waals surface area contributed by atoms with E-state index in [1.54, 1.807) is 0 Å². The molecule has 0 spiro atoms. The van der Waals surface area contributed by atoms with Crippen LogP contribution in [0.1, 0.15) is 11.1 Å². The average molecular weight is 398 g/mol. The van der Waals surface area contributed by atoms with E-state index >= 15 is 0 Å². The molecule has 0 aliphatic heterocycles. The zero-order valence-electron chi connectivity index (χ0n) is 12.7. The quantitative estimate of drug-likeness (QED) is 0.520. The van der Waals surface area contributed by atoms with Crippen LogP contribution in [-0.4, -0.2) is 14.6 Å². The topological polar surface area (TPSA) is 47.3 Å². The molecule has 0 atom stereocenters. The fourth-order valence-corrected chi connectivity index (χ4v) is 3.77. The number of nitrogens with zero attached hydrogens (tertiary/aromatic N) is 3. The van der Waals surface area contributed by atoms with Crippen molar-refractivity contribution in [3.8, 4) is 11.4 Å². The third-order valence-corrected chi connectivity index (χ3v) is 5.33. The molecule has 4 aromatic rings. The summed E-state index contributed by atoms with van der Waals surface area (Å²) in [7, 11) is 0. The Morgan fingerprint density at radius 1 is 1.17 bits per heavy atom. The van der Waals surface area contributed by atoms with Crippen molar-refractivity contribution in [2.45, 2.75) is 6.92 Å². The van der Waals surface area contributed by atoms with Gasteiger partial charge < -0.3 is 0 Å². The summed E-state index contributed by atoms with van der Waals surface area (Å²) >= 11 is 4.84. The van der Waals surface area contributed by atoms with Crippen LogP contribution in [0.15, 0.2) is 57.8 Å². The molecule has 0 bridgehead atoms. The largest absolute Gasteiger partial charge is 0.291 e. The van der Waals surface area contributed by atoms with Gasteiger partial charge in [0.25, 0.3) is 5.56 Å². The lowest BCUT2D eigenvalue weighted by atomic mass is 10.1. The molecular weight excluding hydrogens is 386 g/mol. The Labute approximate surface area is 150 Å². The molecule has 0 N–H and O–H groups in total. The first-order valence-corrected chi connectivity index (χ1v) is 8.95. The normalized spacial score (nSPS) is 12.2. The van der Waals surface area contributed by atoms with Crippen LogP contribution in [-0.2, 0) is 0 Å². The molecule has 0 unspecified atom stereocenters. The van der Waals surface area contributed by atoms with Gasteiger partial charge in [-0.05, 0) is 30.7 Å². The van der Waals surface area contributed by atoms with Crippen LogP contribution in [0.25, 0.3) is 22.4 Å². The molecule has 2 aromatic carbocycles. The number of aryl methyl sites for hydroxylation is 1. The molecule has 24 heavy (non-hydrogen) atoms. The van der Waals surface area contributed by atoms with Gasteiger partial charge in [0, 0.05) is 10.0 Å². The molecule has 0 aliphatic carbocycles. The van der Waals surface area contributed by atoms with Gasteiger partial charge in [-0.15, -0.1) is 5.10 Å². The van der Waals surface area contributed by atoms with E-state index in [0.717, 1.165) is 21.2 Å². The molecule has 0 fully saturated rings. The van der Waals surface area contributed by atoms with Crippen molar-refractivity contribution in [3.63, 3.8) is 0 Å². The average Bonchev–Trinajstić information content (AvgIpc) is 3.10. The van der Waals surface area contributed by atoms with E-state index < -0.39 is 0 Å². The Morgan fingerprint density at radius 2 is 2.00 bits per heavy atom. The maximum atomic E-state index is 12.6. The molecule has 0 saturated heterocycles. The van der Waals surface area contributed by atoms with Gasteiger partial charge in [0.15, 0.2) is 5.82 Å². The first-order valence-electron chi connectivity index (χ1n) is 7.35. The van der Waals surface area contributed by atoms with Gasteiger partial charge in [-0.25, -0.2) is 0 Å². The number of fused-ring (bicyclic) bond motifs is 1. The van der Waals surface area contributed by atoms with E-state index in [4.69, 9.17) is 0 Å². The van der Waals surface area contributed by atoms with Crippen molar-refractivity contribution in [2.75, 3.05) is 0 Å². The highest BCUT2D eigenvalue weighted by Crippen LogP contribution is 2.18. The number of rotatable bonds is 2. The minimum Gasteiger partial charge on any atom is -0.266 e. The molecule has 0 aliphatic rings. The second-order valence-corrected chi connectivity index (χ2v) is 7.30. The standard InChI is InChI=1S/C18H12BrN3OS/c1-11-5-4-7-13(9-11)16-20-18-22(21-16)17(23)15(24-18)10-12-6-2-3-8-14(12)19/h2-10H,1H3/b15-10-. The van der Waals surface area contributed by atoms with Crippen molar-refractivity contribution in [1.29, 1.82) is 0 Å². The molecule has 118 valence electrons. The lowest BCUT2D eigenvalue weighted by Gasteiger charge is -1.96. The summed E-state index contributed by atoms with van der Waals surface area (Å²) in [4.78, 5) is 17.7. The van der Waals surface area contributed by atoms with Crippen LogP contribution in [0, 0.1) is 6.92 Å². The molecular formula is C18H12BrN3OS. The van der Waals surface area contributed by atoms with E-state index in [0.29, 0.717) is 15.3 Å². The molecule has 2 aromatic heterocycles. The summed E-state index contributed by atoms with van der Waals surface area (Å²) in [6, 6.07) is 15.7. The highest BCUT2D eigenvalue weighted by atomic mass is 79.9. The Balaban J connectivity index is 1.85. The van der Waals surface area contributed by atoms with E-state index in [-0.39, 0.29) is 5.56 Å². The summed E-state index contributed by atoms with van der Waals surface area (Å²) in [5, 5.41) is 4.38. The zero-order valence-corrected chi connectivity index (χ0v) is 15.1. The fraction of sp³-hybridized carbons (Fsp3) is 0.0556. The number of thiazole rings is 1. The molecule has 0 saturated carbocycles. The first kappa shape index (κ1) is 15.2. The lowest BCUT2D eigenvalue weighted by molar-refractivity contribution is 0.936. The smallest absolute Gasteiger partial charge is 0.266 e. The van der Waals surface area contributed by atoms with Gasteiger partial charge in [-0.2, -0.15) is 9.50 Å². The number of aromatic nitrogens is 3. The predicted molar refractivity (Wildman–Crippen MR) is 100 cm³/mol. The van der Waals surface area contributed by atoms with Crippen molar-refractivity contribution in [3.05, 3.63) is 79.0 Å². The third-order valence-electron chi connectivity index (χ3n) is 3.65. The maximum absolute atomic E-state index is 12.6. The van der Waals surface area contributed by atoms with Crippen LogP contribution in [0.5, 0.6) is 0 Å². The van der Waals surface area contributed by atoms with Crippen molar-refractivity contribution in [2.24, 2.45) is 0 Å². The fourth-order valence-electron chi connectivity index (χ4n) is 2.47. The van der Waals surface area contributed by atoms with Gasteiger partial charge in [0.1, 0.15) is 0 Å². The van der Waals surface area contributed by atoms with Crippen LogP contribution in [0.3, 0.4) is 0 Å². The lowest BCUT2D eigenvalue weighted by Crippen LogP contribution is -2.23. The summed E-state index contributed by atoms with van der Waals surface area (Å²) in [6.45, 7) is 2.02. The van der Waals surface area contributed by atoms with Gasteiger partial charge in [0.05, 0.1) is 4.53 Å². The Kier molecular flexibility index (Phi) is 3.78. The molecule has 4 nitrogen and oxygen atoms in total. The van der Waals surface area contributed by atoms with Crippen LogP contribution in [0.4, 0.5) is 0 Å². The molecule has 6 heteroatoms. The van der Waals surface area contributed by atoms with Gasteiger partial charge >= 0.3 is 0 Å². The van der Waals surface area contributed by atoms with E-state index in [2.05, 4.69) is 26.0 Å². The Morgan fingerprint density at radius 3 is 2.75 bits per heavy atom. The van der Waals surface area contributed by atoms with Crippen molar-refractivity contribution < 1.29 is 0 Å². The van der Waals surface area contributed by atoms with E-state index in [9.17, 15) is 4.79 Å². The van der Waals surface area contributed by atoms with Crippen molar-refractivity contribution >= 4 is 38.3 Å². The summed E-state index contributed by atoms with van der Waals surface area (Å²) in [5.74, 6) is 0.578. The minimum atomic E-state index is -0.142. The van der Waals surface area contributed by atoms with E-state index in [1.807, 2.05) is 61.5 Å². The number of halogens is 1. The van der Waals surface area contributed by atoms with Gasteiger partial charge in [0.2, 0.25) is 4.96 Å². The first-order chi connectivity index (χ1) is 11.6. The second-order valence-electron chi connectivity index (χ2n) is 5.44. The predicted octanol–water partition coefficient (Wildman–Crippen LogP) is 3.44. The van der Waals surface area contributed by atoms with Crippen molar-refractivity contribution in [1.82, 2.24) is 14.6 Å². The maximum Gasteiger partial charge on any atom is 0.291 e. The van der Waals surface area contributed by atoms with Crippen LogP contribution >= 0.6 is 27.3 Å². The molecule has 2 heterocycles. The summed E-state index contributed by atoms with van der Waals surface area (Å²) < 4.78 is 2.95. The third kappa shape index (κ3) is 2.68. The van der Waals surface area contributed by atoms with Gasteiger partial charge in [-0.1, -0.05) is 69.2 Å². The van der Waals surface area contributed by atoms with Gasteiger partial charge in [-0.3, -0.25) is 4.79 Å². The zero-order chi connectivity index (χ0) is 16.7. The number of hydrogen-bond acceptors (Lipinski definition) is 4. The summed E-state index contributed by atoms with van der Waals surface area (Å²) in [6.07, 6.45) is 1.86. The number of benzene rings is 2. The Bertz CT molecular complexity index is 1160.